The van der Waals surface area contributed by atoms with Crippen LogP contribution in [0.2, 0.25) is 0 Å². The van der Waals surface area contributed by atoms with Gasteiger partial charge in [-0.1, -0.05) is 0 Å². The first-order valence-electron chi connectivity index (χ1n) is 5.69. The van der Waals surface area contributed by atoms with E-state index in [2.05, 4.69) is 15.0 Å². The van der Waals surface area contributed by atoms with Crippen molar-refractivity contribution >= 4 is 17.2 Å². The highest BCUT2D eigenvalue weighted by atomic mass is 16.5. The minimum Gasteiger partial charge on any atom is -0.396 e. The molecule has 2 aromatic rings. The topological polar surface area (TPSA) is 68.7 Å². The largest absolute Gasteiger partial charge is 0.396 e. The third kappa shape index (κ3) is 1.80. The lowest BCUT2D eigenvalue weighted by atomic mass is 10.3. The van der Waals surface area contributed by atoms with Crippen molar-refractivity contribution in [3.63, 3.8) is 0 Å². The third-order valence-electron chi connectivity index (χ3n) is 2.90. The molecule has 6 nitrogen and oxygen atoms in total. The number of morpholine rings is 1. The van der Waals surface area contributed by atoms with Gasteiger partial charge in [0.15, 0.2) is 11.5 Å². The summed E-state index contributed by atoms with van der Waals surface area (Å²) in [6, 6.07) is 1.88. The van der Waals surface area contributed by atoms with Crippen LogP contribution in [0.15, 0.2) is 12.3 Å². The van der Waals surface area contributed by atoms with E-state index >= 15 is 0 Å². The standard InChI is InChI=1S/C11H15N5O/c1-8-7-16-11(13-8)9(12)6-10(14-16)15-2-4-17-5-3-15/h6-7H,2-5,12H2,1H3. The summed E-state index contributed by atoms with van der Waals surface area (Å²) in [6.45, 7) is 5.12. The smallest absolute Gasteiger partial charge is 0.177 e. The Morgan fingerprint density at radius 3 is 2.88 bits per heavy atom. The first-order valence-corrected chi connectivity index (χ1v) is 5.69. The van der Waals surface area contributed by atoms with Crippen LogP contribution in [0.25, 0.3) is 5.65 Å². The molecule has 0 saturated carbocycles. The Balaban J connectivity index is 2.04. The Morgan fingerprint density at radius 1 is 1.35 bits per heavy atom. The van der Waals surface area contributed by atoms with E-state index in [1.165, 1.54) is 0 Å². The predicted octanol–water partition coefficient (Wildman–Crippen LogP) is 0.457. The minimum absolute atomic E-state index is 0.662. The molecule has 3 rings (SSSR count). The normalized spacial score (nSPS) is 16.6. The summed E-state index contributed by atoms with van der Waals surface area (Å²) in [5.41, 5.74) is 8.30. The van der Waals surface area contributed by atoms with Gasteiger partial charge in [-0.15, -0.1) is 5.10 Å². The molecule has 6 heteroatoms. The molecule has 0 spiro atoms. The van der Waals surface area contributed by atoms with Gasteiger partial charge in [-0.05, 0) is 6.92 Å². The maximum atomic E-state index is 6.00. The summed E-state index contributed by atoms with van der Waals surface area (Å²) in [5, 5.41) is 4.53. The number of nitrogens with zero attached hydrogens (tertiary/aromatic N) is 4. The molecule has 1 aliphatic heterocycles. The van der Waals surface area contributed by atoms with Gasteiger partial charge in [-0.25, -0.2) is 9.50 Å². The molecular formula is C11H15N5O. The number of imidazole rings is 1. The number of nitrogens with two attached hydrogens (primary N) is 1. The second-order valence-corrected chi connectivity index (χ2v) is 4.21. The number of aromatic nitrogens is 3. The molecule has 0 aromatic carbocycles. The fraction of sp³-hybridized carbons (Fsp3) is 0.455. The van der Waals surface area contributed by atoms with Crippen LogP contribution in [0.4, 0.5) is 11.5 Å². The van der Waals surface area contributed by atoms with Gasteiger partial charge in [0.1, 0.15) is 0 Å². The molecule has 0 bridgehead atoms. The van der Waals surface area contributed by atoms with Crippen molar-refractivity contribution in [2.24, 2.45) is 0 Å². The van der Waals surface area contributed by atoms with Gasteiger partial charge in [0.25, 0.3) is 0 Å². The van der Waals surface area contributed by atoms with Crippen LogP contribution in [-0.2, 0) is 4.74 Å². The van der Waals surface area contributed by atoms with Gasteiger partial charge in [0.05, 0.1) is 30.8 Å². The van der Waals surface area contributed by atoms with Crippen LogP contribution in [0.1, 0.15) is 5.69 Å². The second kappa shape index (κ2) is 3.89. The number of aryl methyl sites for hydroxylation is 1. The number of ether oxygens (including phenoxy) is 1. The lowest BCUT2D eigenvalue weighted by molar-refractivity contribution is 0.122. The molecule has 1 fully saturated rings. The number of rotatable bonds is 1. The molecule has 0 radical (unpaired) electrons. The Morgan fingerprint density at radius 2 is 2.12 bits per heavy atom. The lowest BCUT2D eigenvalue weighted by Crippen LogP contribution is -2.37. The zero-order chi connectivity index (χ0) is 11.8. The van der Waals surface area contributed by atoms with Gasteiger partial charge in [-0.3, -0.25) is 0 Å². The van der Waals surface area contributed by atoms with Crippen LogP contribution in [0, 0.1) is 6.92 Å². The van der Waals surface area contributed by atoms with Gasteiger partial charge in [-0.2, -0.15) is 0 Å². The molecule has 2 aromatic heterocycles. The van der Waals surface area contributed by atoms with E-state index in [9.17, 15) is 0 Å². The van der Waals surface area contributed by atoms with Gasteiger partial charge < -0.3 is 15.4 Å². The van der Waals surface area contributed by atoms with E-state index in [0.717, 1.165) is 43.5 Å². The third-order valence-corrected chi connectivity index (χ3v) is 2.90. The van der Waals surface area contributed by atoms with E-state index in [0.29, 0.717) is 5.69 Å². The molecule has 0 aliphatic carbocycles. The fourth-order valence-corrected chi connectivity index (χ4v) is 2.05. The molecule has 3 heterocycles. The molecular weight excluding hydrogens is 218 g/mol. The van der Waals surface area contributed by atoms with Crippen molar-refractivity contribution in [1.29, 1.82) is 0 Å². The highest BCUT2D eigenvalue weighted by Crippen LogP contribution is 2.19. The first-order chi connectivity index (χ1) is 8.24. The fourth-order valence-electron chi connectivity index (χ4n) is 2.05. The molecule has 0 unspecified atom stereocenters. The highest BCUT2D eigenvalue weighted by Gasteiger charge is 2.15. The van der Waals surface area contributed by atoms with Crippen molar-refractivity contribution < 1.29 is 4.74 Å². The number of hydrogen-bond donors (Lipinski definition) is 1. The summed E-state index contributed by atoms with van der Waals surface area (Å²) in [7, 11) is 0. The number of fused-ring (bicyclic) bond motifs is 1. The minimum atomic E-state index is 0.662. The van der Waals surface area contributed by atoms with E-state index in [-0.39, 0.29) is 0 Å². The summed E-state index contributed by atoms with van der Waals surface area (Å²) in [5.74, 6) is 0.885. The average molecular weight is 233 g/mol. The lowest BCUT2D eigenvalue weighted by Gasteiger charge is -2.27. The van der Waals surface area contributed by atoms with Crippen molar-refractivity contribution in [2.75, 3.05) is 36.9 Å². The molecule has 0 atom stereocenters. The monoisotopic (exact) mass is 233 g/mol. The van der Waals surface area contributed by atoms with Crippen LogP contribution in [-0.4, -0.2) is 40.9 Å². The van der Waals surface area contributed by atoms with Crippen molar-refractivity contribution in [1.82, 2.24) is 14.6 Å². The second-order valence-electron chi connectivity index (χ2n) is 4.21. The SMILES string of the molecule is Cc1cn2nc(N3CCOCC3)cc(N)c2n1. The van der Waals surface area contributed by atoms with E-state index in [1.54, 1.807) is 4.52 Å². The van der Waals surface area contributed by atoms with E-state index in [1.807, 2.05) is 19.2 Å². The zero-order valence-electron chi connectivity index (χ0n) is 9.76. The zero-order valence-corrected chi connectivity index (χ0v) is 9.76. The maximum Gasteiger partial charge on any atom is 0.177 e. The molecule has 0 amide bonds. The molecule has 17 heavy (non-hydrogen) atoms. The van der Waals surface area contributed by atoms with Crippen LogP contribution >= 0.6 is 0 Å². The first kappa shape index (κ1) is 10.3. The number of nitrogen functional groups attached to an aromatic ring is 1. The molecule has 1 saturated heterocycles. The number of anilines is 2. The van der Waals surface area contributed by atoms with Gasteiger partial charge >= 0.3 is 0 Å². The quantitative estimate of drug-likeness (QED) is 0.774. The van der Waals surface area contributed by atoms with Gasteiger partial charge in [0, 0.05) is 19.2 Å². The summed E-state index contributed by atoms with van der Waals surface area (Å²) in [6.07, 6.45) is 1.88. The van der Waals surface area contributed by atoms with E-state index < -0.39 is 0 Å². The Kier molecular flexibility index (Phi) is 2.36. The molecule has 2 N–H and O–H groups in total. The predicted molar refractivity (Wildman–Crippen MR) is 65.2 cm³/mol. The van der Waals surface area contributed by atoms with Gasteiger partial charge in [0.2, 0.25) is 0 Å². The highest BCUT2D eigenvalue weighted by molar-refractivity contribution is 5.68. The summed E-state index contributed by atoms with van der Waals surface area (Å²) < 4.78 is 7.07. The van der Waals surface area contributed by atoms with Crippen LogP contribution in [0.3, 0.4) is 0 Å². The maximum absolute atomic E-state index is 6.00. The Labute approximate surface area is 99.0 Å². The van der Waals surface area contributed by atoms with Crippen molar-refractivity contribution in [2.45, 2.75) is 6.92 Å². The average Bonchev–Trinajstić information content (AvgIpc) is 2.71. The molecule has 1 aliphatic rings. The molecule has 90 valence electrons. The summed E-state index contributed by atoms with van der Waals surface area (Å²) in [4.78, 5) is 6.51. The van der Waals surface area contributed by atoms with Crippen LogP contribution in [0.5, 0.6) is 0 Å². The Hall–Kier alpha value is -1.82. The summed E-state index contributed by atoms with van der Waals surface area (Å²) >= 11 is 0. The number of hydrogen-bond acceptors (Lipinski definition) is 5. The van der Waals surface area contributed by atoms with Crippen LogP contribution < -0.4 is 10.6 Å². The van der Waals surface area contributed by atoms with Crippen molar-refractivity contribution in [3.05, 3.63) is 18.0 Å². The Bertz CT molecular complexity index is 544. The van der Waals surface area contributed by atoms with E-state index in [4.69, 9.17) is 10.5 Å². The van der Waals surface area contributed by atoms with Crippen molar-refractivity contribution in [3.8, 4) is 0 Å².